The number of rotatable bonds is 6. The molecule has 0 amide bonds. The molecule has 0 spiro atoms. The van der Waals surface area contributed by atoms with E-state index in [9.17, 15) is 13.2 Å². The summed E-state index contributed by atoms with van der Waals surface area (Å²) < 4.78 is 41.3. The molecule has 16 heavy (non-hydrogen) atoms. The van der Waals surface area contributed by atoms with Crippen molar-refractivity contribution in [3.8, 4) is 0 Å². The number of aryl methyl sites for hydroxylation is 1. The van der Waals surface area contributed by atoms with Crippen LogP contribution in [0.25, 0.3) is 0 Å². The van der Waals surface area contributed by atoms with Crippen molar-refractivity contribution in [2.45, 2.75) is 25.7 Å². The van der Waals surface area contributed by atoms with E-state index in [0.717, 1.165) is 5.69 Å². The predicted molar refractivity (Wildman–Crippen MR) is 51.6 cm³/mol. The highest BCUT2D eigenvalue weighted by atomic mass is 19.4. The van der Waals surface area contributed by atoms with Crippen LogP contribution in [0.4, 0.5) is 13.2 Å². The minimum atomic E-state index is -4.26. The Kier molecular flexibility index (Phi) is 4.75. The van der Waals surface area contributed by atoms with Crippen LogP contribution in [0.2, 0.25) is 0 Å². The van der Waals surface area contributed by atoms with Crippen molar-refractivity contribution >= 4 is 0 Å². The number of ether oxygens (including phenoxy) is 1. The SMILES string of the molecule is NCc1ccnn1CCCOCC(F)(F)F. The molecule has 7 heteroatoms. The molecule has 0 aliphatic heterocycles. The van der Waals surface area contributed by atoms with Gasteiger partial charge in [-0.1, -0.05) is 0 Å². The summed E-state index contributed by atoms with van der Waals surface area (Å²) in [6, 6.07) is 1.77. The van der Waals surface area contributed by atoms with Crippen molar-refractivity contribution in [3.05, 3.63) is 18.0 Å². The van der Waals surface area contributed by atoms with E-state index in [2.05, 4.69) is 9.84 Å². The molecule has 2 N–H and O–H groups in total. The monoisotopic (exact) mass is 237 g/mol. The van der Waals surface area contributed by atoms with Crippen LogP contribution < -0.4 is 5.73 Å². The Hall–Kier alpha value is -1.08. The van der Waals surface area contributed by atoms with E-state index >= 15 is 0 Å². The van der Waals surface area contributed by atoms with Crippen molar-refractivity contribution in [1.82, 2.24) is 9.78 Å². The molecule has 0 atom stereocenters. The van der Waals surface area contributed by atoms with Crippen LogP contribution >= 0.6 is 0 Å². The zero-order chi connectivity index (χ0) is 12.0. The van der Waals surface area contributed by atoms with Crippen molar-refractivity contribution in [1.29, 1.82) is 0 Å². The number of hydrogen-bond donors (Lipinski definition) is 1. The second-order valence-corrected chi connectivity index (χ2v) is 3.27. The molecule has 92 valence electrons. The summed E-state index contributed by atoms with van der Waals surface area (Å²) in [5.74, 6) is 0. The van der Waals surface area contributed by atoms with Crippen LogP contribution in [-0.2, 0) is 17.8 Å². The third-order valence-corrected chi connectivity index (χ3v) is 1.94. The van der Waals surface area contributed by atoms with Gasteiger partial charge in [-0.2, -0.15) is 18.3 Å². The minimum Gasteiger partial charge on any atom is -0.372 e. The van der Waals surface area contributed by atoms with E-state index < -0.39 is 12.8 Å². The van der Waals surface area contributed by atoms with E-state index in [1.807, 2.05) is 0 Å². The van der Waals surface area contributed by atoms with Crippen molar-refractivity contribution in [2.24, 2.45) is 5.73 Å². The fourth-order valence-corrected chi connectivity index (χ4v) is 1.24. The molecule has 0 aliphatic carbocycles. The molecular formula is C9H14F3N3O. The largest absolute Gasteiger partial charge is 0.411 e. The Morgan fingerprint density at radius 1 is 1.44 bits per heavy atom. The van der Waals surface area contributed by atoms with E-state index in [4.69, 9.17) is 5.73 Å². The molecule has 0 radical (unpaired) electrons. The summed E-state index contributed by atoms with van der Waals surface area (Å²) in [6.45, 7) is -0.264. The van der Waals surface area contributed by atoms with Crippen LogP contribution in [0, 0.1) is 0 Å². The Labute approximate surface area is 91.2 Å². The van der Waals surface area contributed by atoms with Crippen LogP contribution in [0.3, 0.4) is 0 Å². The first-order chi connectivity index (χ1) is 7.53. The second kappa shape index (κ2) is 5.86. The van der Waals surface area contributed by atoms with E-state index in [1.165, 1.54) is 0 Å². The van der Waals surface area contributed by atoms with Gasteiger partial charge in [0.05, 0.1) is 5.69 Å². The lowest BCUT2D eigenvalue weighted by atomic mass is 10.4. The maximum atomic E-state index is 11.7. The highest BCUT2D eigenvalue weighted by molar-refractivity contribution is 4.99. The third kappa shape index (κ3) is 4.63. The lowest BCUT2D eigenvalue weighted by molar-refractivity contribution is -0.174. The standard InChI is InChI=1S/C9H14F3N3O/c10-9(11,12)7-16-5-1-4-15-8(6-13)2-3-14-15/h2-3H,1,4-7,13H2. The molecule has 1 aromatic rings. The highest BCUT2D eigenvalue weighted by Crippen LogP contribution is 2.14. The van der Waals surface area contributed by atoms with Crippen LogP contribution in [0.15, 0.2) is 12.3 Å². The summed E-state index contributed by atoms with van der Waals surface area (Å²) in [4.78, 5) is 0. The summed E-state index contributed by atoms with van der Waals surface area (Å²) in [5, 5.41) is 3.99. The smallest absolute Gasteiger partial charge is 0.372 e. The summed E-state index contributed by atoms with van der Waals surface area (Å²) in [7, 11) is 0. The zero-order valence-electron chi connectivity index (χ0n) is 8.70. The van der Waals surface area contributed by atoms with Gasteiger partial charge < -0.3 is 10.5 Å². The lowest BCUT2D eigenvalue weighted by Crippen LogP contribution is -2.18. The number of alkyl halides is 3. The molecule has 0 aliphatic rings. The van der Waals surface area contributed by atoms with Crippen molar-refractivity contribution in [2.75, 3.05) is 13.2 Å². The number of hydrogen-bond acceptors (Lipinski definition) is 3. The van der Waals surface area contributed by atoms with Crippen LogP contribution in [-0.4, -0.2) is 29.2 Å². The third-order valence-electron chi connectivity index (χ3n) is 1.94. The van der Waals surface area contributed by atoms with E-state index in [-0.39, 0.29) is 6.61 Å². The molecule has 0 saturated heterocycles. The normalized spacial score (nSPS) is 12.0. The van der Waals surface area contributed by atoms with Gasteiger partial charge >= 0.3 is 6.18 Å². The van der Waals surface area contributed by atoms with Gasteiger partial charge in [-0.3, -0.25) is 4.68 Å². The van der Waals surface area contributed by atoms with Crippen LogP contribution in [0.5, 0.6) is 0 Å². The average Bonchev–Trinajstić information content (AvgIpc) is 2.63. The van der Waals surface area contributed by atoms with Gasteiger partial charge in [-0.05, 0) is 12.5 Å². The van der Waals surface area contributed by atoms with Crippen molar-refractivity contribution < 1.29 is 17.9 Å². The molecule has 1 rings (SSSR count). The first-order valence-electron chi connectivity index (χ1n) is 4.88. The zero-order valence-corrected chi connectivity index (χ0v) is 8.70. The number of halogens is 3. The summed E-state index contributed by atoms with van der Waals surface area (Å²) in [5.41, 5.74) is 6.30. The summed E-state index contributed by atoms with van der Waals surface area (Å²) in [6.07, 6.45) is -2.17. The van der Waals surface area contributed by atoms with Gasteiger partial charge in [0.2, 0.25) is 0 Å². The summed E-state index contributed by atoms with van der Waals surface area (Å²) >= 11 is 0. The molecule has 0 fully saturated rings. The number of nitrogens with two attached hydrogens (primary N) is 1. The van der Waals surface area contributed by atoms with Gasteiger partial charge in [-0.25, -0.2) is 0 Å². The molecule has 1 heterocycles. The lowest BCUT2D eigenvalue weighted by Gasteiger charge is -2.08. The van der Waals surface area contributed by atoms with Gasteiger partial charge in [0, 0.05) is 25.9 Å². The predicted octanol–water partition coefficient (Wildman–Crippen LogP) is 1.31. The quantitative estimate of drug-likeness (QED) is 0.759. The maximum Gasteiger partial charge on any atom is 0.411 e. The Morgan fingerprint density at radius 2 is 2.19 bits per heavy atom. The van der Waals surface area contributed by atoms with Crippen molar-refractivity contribution in [3.63, 3.8) is 0 Å². The molecule has 0 bridgehead atoms. The Bertz CT molecular complexity index is 311. The molecule has 4 nitrogen and oxygen atoms in total. The molecule has 1 aromatic heterocycles. The van der Waals surface area contributed by atoms with Gasteiger partial charge in [0.15, 0.2) is 0 Å². The van der Waals surface area contributed by atoms with E-state index in [0.29, 0.717) is 19.5 Å². The topological polar surface area (TPSA) is 53.1 Å². The second-order valence-electron chi connectivity index (χ2n) is 3.27. The van der Waals surface area contributed by atoms with Gasteiger partial charge in [0.25, 0.3) is 0 Å². The Morgan fingerprint density at radius 3 is 2.81 bits per heavy atom. The average molecular weight is 237 g/mol. The van der Waals surface area contributed by atoms with Gasteiger partial charge in [0.1, 0.15) is 6.61 Å². The maximum absolute atomic E-state index is 11.7. The fraction of sp³-hybridized carbons (Fsp3) is 0.667. The molecule has 0 aromatic carbocycles. The van der Waals surface area contributed by atoms with Crippen LogP contribution in [0.1, 0.15) is 12.1 Å². The van der Waals surface area contributed by atoms with Gasteiger partial charge in [-0.15, -0.1) is 0 Å². The fourth-order valence-electron chi connectivity index (χ4n) is 1.24. The number of nitrogens with zero attached hydrogens (tertiary/aromatic N) is 2. The molecular weight excluding hydrogens is 223 g/mol. The highest BCUT2D eigenvalue weighted by Gasteiger charge is 2.27. The first-order valence-corrected chi connectivity index (χ1v) is 4.88. The first kappa shape index (κ1) is 13.0. The Balaban J connectivity index is 2.16. The minimum absolute atomic E-state index is 0.0589. The number of aromatic nitrogens is 2. The molecule has 0 unspecified atom stereocenters. The van der Waals surface area contributed by atoms with E-state index in [1.54, 1.807) is 16.9 Å². The molecule has 0 saturated carbocycles.